The smallest absolute Gasteiger partial charge is 0.263 e. The second-order valence-corrected chi connectivity index (χ2v) is 7.65. The third-order valence-corrected chi connectivity index (χ3v) is 5.01. The molecule has 2 aromatic rings. The number of anilines is 2. The monoisotopic (exact) mass is 434 g/mol. The highest BCUT2D eigenvalue weighted by Gasteiger charge is 2.18. The summed E-state index contributed by atoms with van der Waals surface area (Å²) in [5.41, 5.74) is 6.29. The van der Waals surface area contributed by atoms with Crippen molar-refractivity contribution in [2.45, 2.75) is 4.90 Å². The maximum absolute atomic E-state index is 12.4. The minimum atomic E-state index is -3.79. The van der Waals surface area contributed by atoms with Gasteiger partial charge in [0.2, 0.25) is 0 Å². The van der Waals surface area contributed by atoms with Crippen LogP contribution in [0.25, 0.3) is 0 Å². The van der Waals surface area contributed by atoms with Gasteiger partial charge in [-0.15, -0.1) is 0 Å². The Bertz CT molecular complexity index is 779. The van der Waals surface area contributed by atoms with Crippen molar-refractivity contribution in [2.75, 3.05) is 17.6 Å². The Morgan fingerprint density at radius 1 is 1.10 bits per heavy atom. The van der Waals surface area contributed by atoms with Gasteiger partial charge in [-0.3, -0.25) is 4.72 Å². The third kappa shape index (κ3) is 3.90. The van der Waals surface area contributed by atoms with Gasteiger partial charge in [-0.1, -0.05) is 31.9 Å². The fourth-order valence-electron chi connectivity index (χ4n) is 1.69. The molecular formula is C13H12Br2N2O3S. The SMILES string of the molecule is COc1cc(Br)cc(NS(=O)(=O)c2cc(Br)ccc2N)c1. The van der Waals surface area contributed by atoms with Crippen LogP contribution in [0.5, 0.6) is 5.75 Å². The molecule has 5 nitrogen and oxygen atoms in total. The summed E-state index contributed by atoms with van der Waals surface area (Å²) in [4.78, 5) is 0.0100. The lowest BCUT2D eigenvalue weighted by atomic mass is 10.3. The number of halogens is 2. The van der Waals surface area contributed by atoms with E-state index < -0.39 is 10.0 Å². The minimum absolute atomic E-state index is 0.0100. The van der Waals surface area contributed by atoms with Crippen LogP contribution in [0.15, 0.2) is 50.2 Å². The van der Waals surface area contributed by atoms with Crippen molar-refractivity contribution in [1.82, 2.24) is 0 Å². The molecule has 0 saturated carbocycles. The van der Waals surface area contributed by atoms with E-state index in [1.807, 2.05) is 0 Å². The van der Waals surface area contributed by atoms with Crippen LogP contribution in [-0.2, 0) is 10.0 Å². The molecule has 112 valence electrons. The fraction of sp³-hybridized carbons (Fsp3) is 0.0769. The average Bonchev–Trinajstić information content (AvgIpc) is 2.40. The van der Waals surface area contributed by atoms with Crippen LogP contribution < -0.4 is 15.2 Å². The Morgan fingerprint density at radius 2 is 1.81 bits per heavy atom. The number of hydrogen-bond acceptors (Lipinski definition) is 4. The topological polar surface area (TPSA) is 81.4 Å². The molecule has 0 unspecified atom stereocenters. The highest BCUT2D eigenvalue weighted by Crippen LogP contribution is 2.28. The van der Waals surface area contributed by atoms with Crippen LogP contribution in [-0.4, -0.2) is 15.5 Å². The summed E-state index contributed by atoms with van der Waals surface area (Å²) in [6, 6.07) is 9.60. The van der Waals surface area contributed by atoms with Crippen molar-refractivity contribution < 1.29 is 13.2 Å². The minimum Gasteiger partial charge on any atom is -0.497 e. The summed E-state index contributed by atoms with van der Waals surface area (Å²) < 4.78 is 33.7. The Labute approximate surface area is 139 Å². The van der Waals surface area contributed by atoms with Crippen LogP contribution >= 0.6 is 31.9 Å². The fourth-order valence-corrected chi connectivity index (χ4v) is 3.87. The lowest BCUT2D eigenvalue weighted by Crippen LogP contribution is -2.15. The number of nitrogens with one attached hydrogen (secondary N) is 1. The zero-order chi connectivity index (χ0) is 15.6. The van der Waals surface area contributed by atoms with Gasteiger partial charge in [-0.05, 0) is 30.3 Å². The first-order valence-electron chi connectivity index (χ1n) is 5.74. The first-order valence-corrected chi connectivity index (χ1v) is 8.81. The molecule has 8 heteroatoms. The van der Waals surface area contributed by atoms with Crippen LogP contribution in [0, 0.1) is 0 Å². The number of nitrogens with two attached hydrogens (primary N) is 1. The van der Waals surface area contributed by atoms with Crippen LogP contribution in [0.4, 0.5) is 11.4 Å². The summed E-state index contributed by atoms with van der Waals surface area (Å²) in [5.74, 6) is 0.532. The van der Waals surface area contributed by atoms with Crippen molar-refractivity contribution in [3.63, 3.8) is 0 Å². The van der Waals surface area contributed by atoms with E-state index in [0.717, 1.165) is 0 Å². The van der Waals surface area contributed by atoms with E-state index in [2.05, 4.69) is 36.6 Å². The van der Waals surface area contributed by atoms with Crippen molar-refractivity contribution in [3.05, 3.63) is 45.3 Å². The van der Waals surface area contributed by atoms with Gasteiger partial charge in [-0.2, -0.15) is 0 Å². The first kappa shape index (κ1) is 16.1. The van der Waals surface area contributed by atoms with E-state index in [-0.39, 0.29) is 10.6 Å². The van der Waals surface area contributed by atoms with Gasteiger partial charge in [0.15, 0.2) is 0 Å². The van der Waals surface area contributed by atoms with Crippen LogP contribution in [0.2, 0.25) is 0 Å². The zero-order valence-corrected chi connectivity index (χ0v) is 14.9. The molecule has 0 radical (unpaired) electrons. The number of nitrogen functional groups attached to an aromatic ring is 1. The number of methoxy groups -OCH3 is 1. The van der Waals surface area contributed by atoms with E-state index >= 15 is 0 Å². The Balaban J connectivity index is 2.42. The van der Waals surface area contributed by atoms with E-state index in [0.29, 0.717) is 20.4 Å². The summed E-state index contributed by atoms with van der Waals surface area (Å²) in [6.45, 7) is 0. The predicted molar refractivity (Wildman–Crippen MR) is 90.1 cm³/mol. The largest absolute Gasteiger partial charge is 0.497 e. The molecule has 2 rings (SSSR count). The van der Waals surface area contributed by atoms with Crippen molar-refractivity contribution in [3.8, 4) is 5.75 Å². The van der Waals surface area contributed by atoms with E-state index in [9.17, 15) is 8.42 Å². The Kier molecular flexibility index (Phi) is 4.80. The molecule has 0 atom stereocenters. The average molecular weight is 436 g/mol. The highest BCUT2D eigenvalue weighted by atomic mass is 79.9. The molecule has 0 saturated heterocycles. The van der Waals surface area contributed by atoms with Crippen LogP contribution in [0.3, 0.4) is 0 Å². The second kappa shape index (κ2) is 6.25. The molecule has 0 aliphatic carbocycles. The molecule has 2 aromatic carbocycles. The van der Waals surface area contributed by atoms with E-state index in [1.54, 1.807) is 24.3 Å². The molecule has 0 aromatic heterocycles. The molecule has 0 heterocycles. The van der Waals surface area contributed by atoms with Crippen molar-refractivity contribution in [1.29, 1.82) is 0 Å². The lowest BCUT2D eigenvalue weighted by molar-refractivity contribution is 0.415. The predicted octanol–water partition coefficient (Wildman–Crippen LogP) is 3.60. The van der Waals surface area contributed by atoms with Gasteiger partial charge in [-0.25, -0.2) is 8.42 Å². The van der Waals surface area contributed by atoms with Gasteiger partial charge in [0.1, 0.15) is 10.6 Å². The third-order valence-electron chi connectivity index (χ3n) is 2.62. The molecule has 0 aliphatic rings. The number of ether oxygens (including phenoxy) is 1. The normalized spacial score (nSPS) is 11.2. The molecule has 0 spiro atoms. The Hall–Kier alpha value is -1.25. The standard InChI is InChI=1S/C13H12Br2N2O3S/c1-20-11-5-9(15)4-10(7-11)17-21(18,19)13-6-8(14)2-3-12(13)16/h2-7,17H,16H2,1H3. The maximum atomic E-state index is 12.4. The van der Waals surface area contributed by atoms with Gasteiger partial charge in [0.25, 0.3) is 10.0 Å². The van der Waals surface area contributed by atoms with Crippen molar-refractivity contribution in [2.24, 2.45) is 0 Å². The summed E-state index contributed by atoms with van der Waals surface area (Å²) in [7, 11) is -2.28. The van der Waals surface area contributed by atoms with E-state index in [4.69, 9.17) is 10.5 Å². The van der Waals surface area contributed by atoms with Gasteiger partial charge < -0.3 is 10.5 Å². The lowest BCUT2D eigenvalue weighted by Gasteiger charge is -2.12. The molecule has 21 heavy (non-hydrogen) atoms. The molecule has 0 aliphatic heterocycles. The first-order chi connectivity index (χ1) is 9.81. The van der Waals surface area contributed by atoms with Crippen molar-refractivity contribution >= 4 is 53.3 Å². The molecule has 3 N–H and O–H groups in total. The number of rotatable bonds is 4. The quantitative estimate of drug-likeness (QED) is 0.718. The molecule has 0 amide bonds. The summed E-state index contributed by atoms with van der Waals surface area (Å²) >= 11 is 6.53. The van der Waals surface area contributed by atoms with Crippen LogP contribution in [0.1, 0.15) is 0 Å². The summed E-state index contributed by atoms with van der Waals surface area (Å²) in [5, 5.41) is 0. The van der Waals surface area contributed by atoms with Gasteiger partial charge in [0.05, 0.1) is 18.5 Å². The molecule has 0 bridgehead atoms. The maximum Gasteiger partial charge on any atom is 0.263 e. The van der Waals surface area contributed by atoms with E-state index in [1.165, 1.54) is 19.2 Å². The Morgan fingerprint density at radius 3 is 2.48 bits per heavy atom. The van der Waals surface area contributed by atoms with Gasteiger partial charge >= 0.3 is 0 Å². The zero-order valence-electron chi connectivity index (χ0n) is 10.9. The number of benzene rings is 2. The number of sulfonamides is 1. The molecule has 0 fully saturated rings. The molecular weight excluding hydrogens is 424 g/mol. The second-order valence-electron chi connectivity index (χ2n) is 4.17. The number of hydrogen-bond donors (Lipinski definition) is 2. The summed E-state index contributed by atoms with van der Waals surface area (Å²) in [6.07, 6.45) is 0. The highest BCUT2D eigenvalue weighted by molar-refractivity contribution is 9.10. The van der Waals surface area contributed by atoms with Gasteiger partial charge in [0, 0.05) is 15.0 Å².